The molecule has 3 rings (SSSR count). The molecule has 1 N–H and O–H groups in total. The van der Waals surface area contributed by atoms with Crippen molar-refractivity contribution < 1.29 is 5.11 Å². The summed E-state index contributed by atoms with van der Waals surface area (Å²) >= 11 is 0. The highest BCUT2D eigenvalue weighted by molar-refractivity contribution is 5.85. The van der Waals surface area contributed by atoms with E-state index < -0.39 is 0 Å². The molecule has 1 unspecified atom stereocenters. The molecule has 1 aliphatic rings. The van der Waals surface area contributed by atoms with Crippen LogP contribution in [0.15, 0.2) is 54.6 Å². The molecule has 2 aromatic rings. The number of aromatic hydroxyl groups is 1. The number of rotatable bonds is 4. The predicted molar refractivity (Wildman–Crippen MR) is 98.5 cm³/mol. The van der Waals surface area contributed by atoms with Crippen molar-refractivity contribution in [3.63, 3.8) is 0 Å². The van der Waals surface area contributed by atoms with Gasteiger partial charge in [0.2, 0.25) is 0 Å². The third kappa shape index (κ3) is 4.49. The van der Waals surface area contributed by atoms with Crippen LogP contribution >= 0.6 is 12.4 Å². The predicted octanol–water partition coefficient (Wildman–Crippen LogP) is 4.41. The number of phenolic OH excluding ortho intramolecular Hbond substituents is 1. The van der Waals surface area contributed by atoms with E-state index in [1.165, 1.54) is 30.5 Å². The van der Waals surface area contributed by atoms with Crippen molar-refractivity contribution in [2.75, 3.05) is 19.6 Å². The summed E-state index contributed by atoms with van der Waals surface area (Å²) in [5, 5.41) is 9.76. The first-order valence-electron chi connectivity index (χ1n) is 8.22. The summed E-state index contributed by atoms with van der Waals surface area (Å²) in [6.45, 7) is 5.69. The Labute approximate surface area is 145 Å². The highest BCUT2D eigenvalue weighted by atomic mass is 35.5. The van der Waals surface area contributed by atoms with Crippen LogP contribution in [0, 0.1) is 0 Å². The summed E-state index contributed by atoms with van der Waals surface area (Å²) in [4.78, 5) is 2.57. The number of phenols is 1. The smallest absolute Gasteiger partial charge is 0.115 e. The minimum Gasteiger partial charge on any atom is -0.508 e. The van der Waals surface area contributed by atoms with Crippen LogP contribution in [0.2, 0.25) is 0 Å². The Balaban J connectivity index is 0.00000192. The summed E-state index contributed by atoms with van der Waals surface area (Å²) in [7, 11) is 0. The van der Waals surface area contributed by atoms with Crippen molar-refractivity contribution in [3.05, 3.63) is 65.7 Å². The molecule has 0 amide bonds. The van der Waals surface area contributed by atoms with Crippen molar-refractivity contribution in [1.29, 1.82) is 0 Å². The number of hydrogen-bond donors (Lipinski definition) is 1. The molecule has 3 heteroatoms. The van der Waals surface area contributed by atoms with Gasteiger partial charge >= 0.3 is 0 Å². The quantitative estimate of drug-likeness (QED) is 0.897. The lowest BCUT2D eigenvalue weighted by Gasteiger charge is -2.41. The van der Waals surface area contributed by atoms with Gasteiger partial charge in [-0.25, -0.2) is 0 Å². The topological polar surface area (TPSA) is 23.5 Å². The van der Waals surface area contributed by atoms with E-state index in [9.17, 15) is 5.11 Å². The monoisotopic (exact) mass is 331 g/mol. The molecule has 0 aliphatic carbocycles. The molecular formula is C20H26ClNO. The zero-order chi connectivity index (χ0) is 15.4. The zero-order valence-corrected chi connectivity index (χ0v) is 14.6. The number of halogens is 1. The highest BCUT2D eigenvalue weighted by Gasteiger charge is 2.32. The fourth-order valence-corrected chi connectivity index (χ4v) is 3.58. The molecule has 1 atom stereocenters. The normalized spacial score (nSPS) is 21.6. The summed E-state index contributed by atoms with van der Waals surface area (Å²) in [6, 6.07) is 18.5. The van der Waals surface area contributed by atoms with Crippen LogP contribution in [0.3, 0.4) is 0 Å². The van der Waals surface area contributed by atoms with Crippen molar-refractivity contribution in [3.8, 4) is 5.75 Å². The second-order valence-corrected chi connectivity index (χ2v) is 6.73. The Kier molecular flexibility index (Phi) is 6.09. The fraction of sp³-hybridized carbons (Fsp3) is 0.400. The molecule has 1 fully saturated rings. The SMILES string of the molecule is CC1(c2cccc(O)c2)CCCN(CCc2ccccc2)C1.Cl. The highest BCUT2D eigenvalue weighted by Crippen LogP contribution is 2.35. The van der Waals surface area contributed by atoms with Crippen molar-refractivity contribution in [2.24, 2.45) is 0 Å². The molecule has 2 nitrogen and oxygen atoms in total. The first-order valence-corrected chi connectivity index (χ1v) is 8.22. The summed E-state index contributed by atoms with van der Waals surface area (Å²) < 4.78 is 0. The van der Waals surface area contributed by atoms with E-state index in [4.69, 9.17) is 0 Å². The average Bonchev–Trinajstić information content (AvgIpc) is 2.54. The van der Waals surface area contributed by atoms with Crippen LogP contribution in [-0.2, 0) is 11.8 Å². The third-order valence-corrected chi connectivity index (χ3v) is 4.88. The van der Waals surface area contributed by atoms with Crippen LogP contribution in [0.1, 0.15) is 30.9 Å². The van der Waals surface area contributed by atoms with Crippen LogP contribution in [0.5, 0.6) is 5.75 Å². The van der Waals surface area contributed by atoms with E-state index >= 15 is 0 Å². The lowest BCUT2D eigenvalue weighted by molar-refractivity contribution is 0.158. The maximum absolute atomic E-state index is 9.76. The van der Waals surface area contributed by atoms with E-state index in [0.717, 1.165) is 19.5 Å². The second kappa shape index (κ2) is 7.85. The van der Waals surface area contributed by atoms with Crippen LogP contribution in [0.4, 0.5) is 0 Å². The van der Waals surface area contributed by atoms with E-state index in [1.807, 2.05) is 12.1 Å². The molecule has 1 heterocycles. The van der Waals surface area contributed by atoms with Crippen LogP contribution in [-0.4, -0.2) is 29.6 Å². The minimum atomic E-state index is 0. The van der Waals surface area contributed by atoms with E-state index in [-0.39, 0.29) is 17.8 Å². The molecular weight excluding hydrogens is 306 g/mol. The van der Waals surface area contributed by atoms with Gasteiger partial charge in [-0.05, 0) is 49.1 Å². The minimum absolute atomic E-state index is 0. The van der Waals surface area contributed by atoms with Crippen LogP contribution < -0.4 is 0 Å². The molecule has 0 saturated carbocycles. The lowest BCUT2D eigenvalue weighted by Crippen LogP contribution is -2.45. The van der Waals surface area contributed by atoms with Gasteiger partial charge in [0.15, 0.2) is 0 Å². The molecule has 23 heavy (non-hydrogen) atoms. The summed E-state index contributed by atoms with van der Waals surface area (Å²) in [5.41, 5.74) is 2.82. The average molecular weight is 332 g/mol. The van der Waals surface area contributed by atoms with Crippen molar-refractivity contribution in [2.45, 2.75) is 31.6 Å². The van der Waals surface area contributed by atoms with Gasteiger partial charge < -0.3 is 10.0 Å². The molecule has 0 bridgehead atoms. The molecule has 0 aromatic heterocycles. The number of likely N-dealkylation sites (tertiary alicyclic amines) is 1. The maximum atomic E-state index is 9.76. The first-order chi connectivity index (χ1) is 10.7. The fourth-order valence-electron chi connectivity index (χ4n) is 3.58. The van der Waals surface area contributed by atoms with Crippen molar-refractivity contribution in [1.82, 2.24) is 4.90 Å². The van der Waals surface area contributed by atoms with Gasteiger partial charge in [0.05, 0.1) is 0 Å². The number of hydrogen-bond acceptors (Lipinski definition) is 2. The van der Waals surface area contributed by atoms with Gasteiger partial charge in [0.1, 0.15) is 5.75 Å². The van der Waals surface area contributed by atoms with E-state index in [1.54, 1.807) is 6.07 Å². The summed E-state index contributed by atoms with van der Waals surface area (Å²) in [5.74, 6) is 0.375. The Morgan fingerprint density at radius 1 is 1.09 bits per heavy atom. The summed E-state index contributed by atoms with van der Waals surface area (Å²) in [6.07, 6.45) is 3.52. The van der Waals surface area contributed by atoms with E-state index in [0.29, 0.717) is 5.75 Å². The Morgan fingerprint density at radius 3 is 2.61 bits per heavy atom. The zero-order valence-electron chi connectivity index (χ0n) is 13.7. The Bertz CT molecular complexity index is 616. The Hall–Kier alpha value is -1.51. The molecule has 0 spiro atoms. The number of piperidine rings is 1. The maximum Gasteiger partial charge on any atom is 0.115 e. The lowest BCUT2D eigenvalue weighted by atomic mass is 9.76. The first kappa shape index (κ1) is 17.8. The third-order valence-electron chi connectivity index (χ3n) is 4.88. The molecule has 124 valence electrons. The largest absolute Gasteiger partial charge is 0.508 e. The van der Waals surface area contributed by atoms with Crippen molar-refractivity contribution >= 4 is 12.4 Å². The number of nitrogens with zero attached hydrogens (tertiary/aromatic N) is 1. The Morgan fingerprint density at radius 2 is 1.87 bits per heavy atom. The van der Waals surface area contributed by atoms with Gasteiger partial charge in [-0.2, -0.15) is 0 Å². The van der Waals surface area contributed by atoms with Gasteiger partial charge in [-0.3, -0.25) is 0 Å². The molecule has 1 aliphatic heterocycles. The van der Waals surface area contributed by atoms with Gasteiger partial charge in [0.25, 0.3) is 0 Å². The standard InChI is InChI=1S/C20H25NO.ClH/c1-20(18-9-5-10-19(22)15-18)12-6-13-21(16-20)14-11-17-7-3-2-4-8-17;/h2-5,7-10,15,22H,6,11-14,16H2,1H3;1H. The van der Waals surface area contributed by atoms with Gasteiger partial charge in [-0.1, -0.05) is 49.4 Å². The van der Waals surface area contributed by atoms with Gasteiger partial charge in [0, 0.05) is 18.5 Å². The molecule has 0 radical (unpaired) electrons. The number of benzene rings is 2. The molecule has 1 saturated heterocycles. The van der Waals surface area contributed by atoms with Crippen LogP contribution in [0.25, 0.3) is 0 Å². The molecule has 2 aromatic carbocycles. The second-order valence-electron chi connectivity index (χ2n) is 6.73. The van der Waals surface area contributed by atoms with Gasteiger partial charge in [-0.15, -0.1) is 12.4 Å². The van der Waals surface area contributed by atoms with E-state index in [2.05, 4.69) is 48.2 Å².